The van der Waals surface area contributed by atoms with Crippen molar-refractivity contribution in [2.24, 2.45) is 23.3 Å². The molecule has 12 atom stereocenters. The molecule has 3 aromatic heterocycles. The smallest absolute Gasteiger partial charge is 0.328 e. The van der Waals surface area contributed by atoms with Gasteiger partial charge in [0.15, 0.2) is 0 Å². The van der Waals surface area contributed by atoms with Gasteiger partial charge in [0.2, 0.25) is 70.9 Å². The summed E-state index contributed by atoms with van der Waals surface area (Å²) in [6.45, 7) is 5.50. The molecule has 0 aliphatic rings. The van der Waals surface area contributed by atoms with E-state index in [4.69, 9.17) is 11.5 Å². The van der Waals surface area contributed by atoms with Gasteiger partial charge in [-0.1, -0.05) is 76.2 Å². The van der Waals surface area contributed by atoms with Crippen LogP contribution in [0.3, 0.4) is 0 Å². The van der Waals surface area contributed by atoms with Crippen LogP contribution in [0.2, 0.25) is 0 Å². The van der Waals surface area contributed by atoms with Gasteiger partial charge >= 0.3 is 11.9 Å². The fraction of sp³-hybridized carbons (Fsp3) is 0.487. The summed E-state index contributed by atoms with van der Waals surface area (Å²) in [5.74, 6) is -14.6. The predicted octanol–water partition coefficient (Wildman–Crippen LogP) is -1.10. The molecule has 0 radical (unpaired) electrons. The van der Waals surface area contributed by atoms with Crippen molar-refractivity contribution < 1.29 is 87.5 Å². The molecule has 6 rings (SSSR count). The van der Waals surface area contributed by atoms with Gasteiger partial charge in [-0.15, -0.1) is 0 Å². The van der Waals surface area contributed by atoms with Crippen LogP contribution in [0.4, 0.5) is 0 Å². The van der Waals surface area contributed by atoms with Crippen molar-refractivity contribution in [2.45, 2.75) is 177 Å². The number of hydrogen-bond donors (Lipinski definition) is 23. The van der Waals surface area contributed by atoms with Crippen molar-refractivity contribution in [3.63, 3.8) is 0 Å². The van der Waals surface area contributed by atoms with E-state index in [2.05, 4.69) is 109 Å². The molecule has 0 spiro atoms. The first-order chi connectivity index (χ1) is 54.8. The van der Waals surface area contributed by atoms with Crippen LogP contribution in [0.15, 0.2) is 97.7 Å². The number of carboxylic acids is 2. The molecule has 3 heterocycles. The number of phenols is 1. The summed E-state index contributed by atoms with van der Waals surface area (Å²) in [6.07, 6.45) is 6.58. The lowest BCUT2D eigenvalue weighted by Crippen LogP contribution is -2.61. The Labute approximate surface area is 679 Å². The number of fused-ring (bicyclic) bond motifs is 2. The fourth-order valence-electron chi connectivity index (χ4n) is 12.3. The van der Waals surface area contributed by atoms with Gasteiger partial charge in [0.25, 0.3) is 0 Å². The topological polar surface area (TPSA) is 577 Å². The third kappa shape index (κ3) is 30.2. The molecule has 0 saturated heterocycles. The Balaban J connectivity index is 1.19. The number of thiol groups is 2. The molecule has 0 fully saturated rings. The monoisotopic (exact) mass is 1650 g/mol. The van der Waals surface area contributed by atoms with E-state index in [0.29, 0.717) is 56.4 Å². The maximum absolute atomic E-state index is 14.8. The van der Waals surface area contributed by atoms with E-state index in [1.54, 1.807) is 94.9 Å². The van der Waals surface area contributed by atoms with E-state index in [9.17, 15) is 87.5 Å². The summed E-state index contributed by atoms with van der Waals surface area (Å²) in [6, 6.07) is 2.64. The molecule has 0 aliphatic carbocycles. The van der Waals surface area contributed by atoms with E-state index in [-0.39, 0.29) is 87.7 Å². The number of amides is 12. The zero-order chi connectivity index (χ0) is 84.4. The Kier molecular flexibility index (Phi) is 38.2. The number of thioether (sulfide) groups is 1. The van der Waals surface area contributed by atoms with E-state index >= 15 is 0 Å². The van der Waals surface area contributed by atoms with Gasteiger partial charge < -0.3 is 111 Å². The molecule has 36 nitrogen and oxygen atoms in total. The predicted molar refractivity (Wildman–Crippen MR) is 434 cm³/mol. The number of aliphatic hydroxyl groups is 1. The molecule has 0 unspecified atom stereocenters. The van der Waals surface area contributed by atoms with Crippen LogP contribution >= 0.6 is 37.0 Å². The number of nitrogens with two attached hydrogens (primary N) is 2. The zero-order valence-electron chi connectivity index (χ0n) is 64.5. The summed E-state index contributed by atoms with van der Waals surface area (Å²) in [5.41, 5.74) is 15.6. The maximum Gasteiger partial charge on any atom is 0.328 e. The number of carboxylic acid groups (broad SMARTS) is 2. The minimum atomic E-state index is -1.72. The van der Waals surface area contributed by atoms with Crippen molar-refractivity contribution in [3.05, 3.63) is 120 Å². The molecule has 12 amide bonds. The zero-order valence-corrected chi connectivity index (χ0v) is 67.1. The fourth-order valence-corrected chi connectivity index (χ4v) is 13.3. The van der Waals surface area contributed by atoms with Crippen LogP contribution in [0.25, 0.3) is 21.8 Å². The molecule has 6 aromatic rings. The van der Waals surface area contributed by atoms with Gasteiger partial charge in [-0.3, -0.25) is 62.3 Å². The standard InChI is InChI=1S/C76H106N18O18S3/c1-40(2)26-55(70(105)93-62(38-114)75(110)89-56(27-41(3)4)71(106)87-54(23-25-115-5)69(104)92-60(36-95)76(111)112)84-63(97)35-82-66(101)58(29-43-32-80-50-14-8-6-12-47(43)50)90-67(102)52(16-10-11-24-77)85-68(103)53(21-22-64(98)99)86-74(109)61(37-113)94-73(108)59(30-44-33-81-51-15-9-7-13-48(44)51)91-72(107)57(28-42-17-19-46(96)20-18-42)88-65(100)49(78)31-45-34-79-39-83-45/h6-9,12-15,17-20,32-34,39-41,49,52-62,80-81,95-96,113-114H,10-11,16,21-31,35-38,77-78H2,1-5H3,(H,79,83)(H,82,101)(H,84,97)(H,85,103)(H,86,109)(H,87,106)(H,88,100)(H,89,110)(H,90,102)(H,91,107)(H,92,104)(H,93,105)(H,94,108)(H,98,99)(H,111,112)/t49-,52-,53-,54-,55-,56-,57-,58-,59-,60-,61-,62-/m0/s1. The number of phenolic OH excluding ortho intramolecular Hbond substituents is 1. The second-order valence-electron chi connectivity index (χ2n) is 28.5. The summed E-state index contributed by atoms with van der Waals surface area (Å²) in [4.78, 5) is 208. The Morgan fingerprint density at radius 2 is 0.913 bits per heavy atom. The number of unbranched alkanes of at least 4 members (excludes halogenated alkanes) is 1. The van der Waals surface area contributed by atoms with Crippen molar-refractivity contribution >= 4 is 142 Å². The average molecular weight is 1660 g/mol. The van der Waals surface area contributed by atoms with E-state index in [1.807, 2.05) is 0 Å². The highest BCUT2D eigenvalue weighted by molar-refractivity contribution is 7.98. The Hall–Kier alpha value is -10.7. The van der Waals surface area contributed by atoms with Crippen molar-refractivity contribution in [3.8, 4) is 5.75 Å². The second kappa shape index (κ2) is 47.2. The lowest BCUT2D eigenvalue weighted by atomic mass is 10.0. The average Bonchev–Trinajstić information content (AvgIpc) is 1.76. The number of aromatic nitrogens is 4. The molecular weight excluding hydrogens is 1550 g/mol. The number of nitrogens with zero attached hydrogens (tertiary/aromatic N) is 1. The molecule has 626 valence electrons. The highest BCUT2D eigenvalue weighted by atomic mass is 32.2. The lowest BCUT2D eigenvalue weighted by Gasteiger charge is -2.27. The number of aliphatic carboxylic acids is 2. The van der Waals surface area contributed by atoms with Gasteiger partial charge in [-0.2, -0.15) is 37.0 Å². The van der Waals surface area contributed by atoms with Crippen LogP contribution in [-0.2, 0) is 92.8 Å². The lowest BCUT2D eigenvalue weighted by molar-refractivity contribution is -0.143. The Bertz CT molecular complexity index is 4280. The number of aromatic hydroxyl groups is 1. The summed E-state index contributed by atoms with van der Waals surface area (Å²) < 4.78 is 0. The van der Waals surface area contributed by atoms with Crippen LogP contribution < -0.4 is 75.3 Å². The molecule has 0 saturated carbocycles. The third-order valence-corrected chi connectivity index (χ3v) is 19.8. The van der Waals surface area contributed by atoms with E-state index in [1.165, 1.54) is 48.6 Å². The number of carbonyl (C=O) groups is 14. The van der Waals surface area contributed by atoms with E-state index < -0.39 is 187 Å². The molecular formula is C76H106N18O18S3. The van der Waals surface area contributed by atoms with Gasteiger partial charge in [-0.25, -0.2) is 9.78 Å². The highest BCUT2D eigenvalue weighted by Crippen LogP contribution is 2.23. The summed E-state index contributed by atoms with van der Waals surface area (Å²) in [5, 5.41) is 71.2. The minimum Gasteiger partial charge on any atom is -0.508 e. The molecule has 0 bridgehead atoms. The van der Waals surface area contributed by atoms with Crippen LogP contribution in [0.1, 0.15) is 101 Å². The number of nitrogens with one attached hydrogen (secondary N) is 15. The number of H-pyrrole nitrogens is 3. The minimum absolute atomic E-state index is 0.00329. The van der Waals surface area contributed by atoms with Gasteiger partial charge in [0.05, 0.1) is 25.5 Å². The SMILES string of the molecule is CSCC[C@H](NC(=O)[C@H](CC(C)C)NC(=O)[C@H](CS)NC(=O)[C@H](CC(C)C)NC(=O)CNC(=O)[C@H](Cc1c[nH]c2ccccc12)NC(=O)[C@H](CCCCN)NC(=O)[C@H](CCC(=O)O)NC(=O)[C@H](CS)NC(=O)[C@H](Cc1c[nH]c2ccccc12)NC(=O)[C@H](Cc1ccc(O)cc1)NC(=O)[C@@H](N)Cc1cnc[nH]1)C(=O)N[C@@H](CO)C(=O)O. The number of carbonyl (C=O) groups excluding carboxylic acids is 12. The molecule has 23 N–H and O–H groups in total. The third-order valence-electron chi connectivity index (χ3n) is 18.5. The molecule has 115 heavy (non-hydrogen) atoms. The van der Waals surface area contributed by atoms with Gasteiger partial charge in [0.1, 0.15) is 72.2 Å². The van der Waals surface area contributed by atoms with E-state index in [0.717, 1.165) is 0 Å². The van der Waals surface area contributed by atoms with Gasteiger partial charge in [-0.05, 0) is 116 Å². The van der Waals surface area contributed by atoms with Crippen LogP contribution in [-0.4, -0.2) is 239 Å². The van der Waals surface area contributed by atoms with Crippen LogP contribution in [0, 0.1) is 11.8 Å². The second-order valence-corrected chi connectivity index (χ2v) is 30.2. The number of aliphatic hydroxyl groups excluding tert-OH is 1. The van der Waals surface area contributed by atoms with Crippen molar-refractivity contribution in [2.75, 3.05) is 43.2 Å². The molecule has 0 aliphatic heterocycles. The van der Waals surface area contributed by atoms with Crippen molar-refractivity contribution in [1.82, 2.24) is 83.7 Å². The maximum atomic E-state index is 14.8. The first-order valence-electron chi connectivity index (χ1n) is 37.5. The van der Waals surface area contributed by atoms with Crippen LogP contribution in [0.5, 0.6) is 5.75 Å². The number of imidazole rings is 1. The number of para-hydroxylation sites is 2. The highest BCUT2D eigenvalue weighted by Gasteiger charge is 2.37. The number of rotatable bonds is 50. The summed E-state index contributed by atoms with van der Waals surface area (Å²) in [7, 11) is 0. The number of benzene rings is 3. The van der Waals surface area contributed by atoms with Gasteiger partial charge in [0, 0.05) is 89.7 Å². The summed E-state index contributed by atoms with van der Waals surface area (Å²) >= 11 is 10.0. The first-order valence-corrected chi connectivity index (χ1v) is 40.2. The Morgan fingerprint density at radius 1 is 0.487 bits per heavy atom. The Morgan fingerprint density at radius 3 is 1.38 bits per heavy atom. The van der Waals surface area contributed by atoms with Crippen molar-refractivity contribution in [1.29, 1.82) is 0 Å². The molecule has 3 aromatic carbocycles. The normalized spacial score (nSPS) is 14.5. The number of aromatic amines is 3. The quantitative estimate of drug-likeness (QED) is 0.0159. The largest absolute Gasteiger partial charge is 0.508 e. The molecule has 39 heteroatoms. The number of hydrogen-bond acceptors (Lipinski definition) is 22. The first kappa shape index (κ1) is 93.1.